The Morgan fingerprint density at radius 3 is 2.38 bits per heavy atom. The second kappa shape index (κ2) is 13.7. The Kier molecular flexibility index (Phi) is 10.6. The predicted molar refractivity (Wildman–Crippen MR) is 141 cm³/mol. The number of ether oxygens (including phenoxy) is 1. The molecule has 1 heterocycles. The Bertz CT molecular complexity index is 1180. The van der Waals surface area contributed by atoms with Crippen LogP contribution in [0.2, 0.25) is 0 Å². The van der Waals surface area contributed by atoms with E-state index in [1.54, 1.807) is 45.2 Å². The first-order valence-electron chi connectivity index (χ1n) is 12.5. The van der Waals surface area contributed by atoms with Crippen LogP contribution in [0, 0.1) is 23.4 Å². The summed E-state index contributed by atoms with van der Waals surface area (Å²) in [5.74, 6) is -4.29. The summed E-state index contributed by atoms with van der Waals surface area (Å²) < 4.78 is 46.4. The van der Waals surface area contributed by atoms with Gasteiger partial charge in [-0.2, -0.15) is 0 Å². The lowest BCUT2D eigenvalue weighted by atomic mass is 10.0. The summed E-state index contributed by atoms with van der Waals surface area (Å²) >= 11 is 1.33. The molecule has 0 bridgehead atoms. The largest absolute Gasteiger partial charge is 0.478 e. The third-order valence-electron chi connectivity index (χ3n) is 6.32. The molecule has 8 nitrogen and oxygen atoms in total. The van der Waals surface area contributed by atoms with Crippen molar-refractivity contribution in [2.75, 3.05) is 19.3 Å². The summed E-state index contributed by atoms with van der Waals surface area (Å²) in [6, 6.07) is 7.41. The summed E-state index contributed by atoms with van der Waals surface area (Å²) in [4.78, 5) is 38.7. The number of thioether (sulfide) groups is 1. The summed E-state index contributed by atoms with van der Waals surface area (Å²) in [6.45, 7) is 4.07. The highest BCUT2D eigenvalue weighted by molar-refractivity contribution is 8.00. The van der Waals surface area contributed by atoms with Crippen LogP contribution >= 0.6 is 11.8 Å². The van der Waals surface area contributed by atoms with E-state index in [0.29, 0.717) is 24.1 Å². The lowest BCUT2D eigenvalue weighted by molar-refractivity contribution is -0.147. The smallest absolute Gasteiger partial charge is 0.345 e. The van der Waals surface area contributed by atoms with Gasteiger partial charge in [0.25, 0.3) is 5.91 Å². The number of amides is 2. The van der Waals surface area contributed by atoms with Crippen LogP contribution in [-0.2, 0) is 27.3 Å². The monoisotopic (exact) mass is 567 g/mol. The fourth-order valence-electron chi connectivity index (χ4n) is 4.11. The lowest BCUT2D eigenvalue weighted by Crippen LogP contribution is -2.46. The SMILES string of the molecule is CNC(CC(=O)N1CCS[C@H]1C(=O)NCc1ccc(O[C@H](C(=O)O)C(C)C)cc1)Cc1cc(F)c(F)cc1F. The summed E-state index contributed by atoms with van der Waals surface area (Å²) in [5, 5.41) is 14.3. The van der Waals surface area contributed by atoms with Crippen LogP contribution in [0.5, 0.6) is 5.75 Å². The Morgan fingerprint density at radius 2 is 1.77 bits per heavy atom. The fourth-order valence-corrected chi connectivity index (χ4v) is 5.28. The normalized spacial score (nSPS) is 16.7. The first-order valence-corrected chi connectivity index (χ1v) is 13.5. The number of carboxylic acid groups (broad SMARTS) is 1. The highest BCUT2D eigenvalue weighted by atomic mass is 32.2. The average Bonchev–Trinajstić information content (AvgIpc) is 3.39. The molecule has 1 saturated heterocycles. The molecule has 1 unspecified atom stereocenters. The molecule has 3 atom stereocenters. The van der Waals surface area contributed by atoms with Gasteiger partial charge < -0.3 is 25.4 Å². The van der Waals surface area contributed by atoms with Gasteiger partial charge in [-0.1, -0.05) is 26.0 Å². The number of hydrogen-bond donors (Lipinski definition) is 3. The van der Waals surface area contributed by atoms with Gasteiger partial charge in [-0.3, -0.25) is 9.59 Å². The van der Waals surface area contributed by atoms with Gasteiger partial charge in [-0.15, -0.1) is 11.8 Å². The van der Waals surface area contributed by atoms with Crippen LogP contribution in [-0.4, -0.2) is 64.7 Å². The molecular formula is C27H32F3N3O5S. The number of carbonyl (C=O) groups excluding carboxylic acids is 2. The van der Waals surface area contributed by atoms with E-state index in [-0.39, 0.29) is 42.7 Å². The van der Waals surface area contributed by atoms with E-state index in [1.165, 1.54) is 16.7 Å². The highest BCUT2D eigenvalue weighted by Crippen LogP contribution is 2.26. The van der Waals surface area contributed by atoms with Crippen molar-refractivity contribution >= 4 is 29.5 Å². The molecule has 0 aliphatic carbocycles. The predicted octanol–water partition coefficient (Wildman–Crippen LogP) is 3.33. The van der Waals surface area contributed by atoms with Gasteiger partial charge in [0.05, 0.1) is 0 Å². The molecule has 12 heteroatoms. The zero-order valence-corrected chi connectivity index (χ0v) is 22.7. The Hall–Kier alpha value is -3.25. The molecule has 1 aliphatic rings. The van der Waals surface area contributed by atoms with Crippen LogP contribution in [0.3, 0.4) is 0 Å². The molecule has 1 aliphatic heterocycles. The third-order valence-corrected chi connectivity index (χ3v) is 7.53. The number of carboxylic acids is 1. The van der Waals surface area contributed by atoms with E-state index in [9.17, 15) is 32.7 Å². The molecule has 3 N–H and O–H groups in total. The summed E-state index contributed by atoms with van der Waals surface area (Å²) in [6.07, 6.45) is -1.07. The molecule has 0 aromatic heterocycles. The van der Waals surface area contributed by atoms with Crippen molar-refractivity contribution in [1.82, 2.24) is 15.5 Å². The van der Waals surface area contributed by atoms with Crippen LogP contribution < -0.4 is 15.4 Å². The van der Waals surface area contributed by atoms with Crippen molar-refractivity contribution in [3.8, 4) is 5.75 Å². The zero-order valence-electron chi connectivity index (χ0n) is 21.9. The molecule has 0 saturated carbocycles. The van der Waals surface area contributed by atoms with Gasteiger partial charge in [0.15, 0.2) is 23.1 Å². The lowest BCUT2D eigenvalue weighted by Gasteiger charge is -2.25. The molecule has 0 spiro atoms. The maximum Gasteiger partial charge on any atom is 0.345 e. The first kappa shape index (κ1) is 30.3. The number of hydrogen-bond acceptors (Lipinski definition) is 6. The second-order valence-electron chi connectivity index (χ2n) is 9.54. The van der Waals surface area contributed by atoms with Crippen LogP contribution in [0.25, 0.3) is 0 Å². The molecule has 1 fully saturated rings. The molecule has 2 aromatic rings. The van der Waals surface area contributed by atoms with E-state index in [0.717, 1.165) is 11.6 Å². The minimum Gasteiger partial charge on any atom is -0.478 e. The molecule has 2 aromatic carbocycles. The van der Waals surface area contributed by atoms with E-state index in [2.05, 4.69) is 10.6 Å². The van der Waals surface area contributed by atoms with Crippen molar-refractivity contribution in [1.29, 1.82) is 0 Å². The van der Waals surface area contributed by atoms with Crippen LogP contribution in [0.1, 0.15) is 31.4 Å². The van der Waals surface area contributed by atoms with E-state index in [1.807, 2.05) is 0 Å². The number of nitrogens with one attached hydrogen (secondary N) is 2. The zero-order chi connectivity index (χ0) is 28.7. The quantitative estimate of drug-likeness (QED) is 0.338. The van der Waals surface area contributed by atoms with E-state index in [4.69, 9.17) is 4.74 Å². The van der Waals surface area contributed by atoms with Gasteiger partial charge in [-0.05, 0) is 42.8 Å². The van der Waals surface area contributed by atoms with Gasteiger partial charge in [0.1, 0.15) is 11.6 Å². The molecule has 3 rings (SSSR count). The number of likely N-dealkylation sites (N-methyl/N-ethyl adjacent to an activating group) is 1. The number of nitrogens with zero attached hydrogens (tertiary/aromatic N) is 1. The Balaban J connectivity index is 1.55. The van der Waals surface area contributed by atoms with Crippen molar-refractivity contribution in [2.45, 2.75) is 50.8 Å². The van der Waals surface area contributed by atoms with Gasteiger partial charge >= 0.3 is 5.97 Å². The minimum atomic E-state index is -1.28. The highest BCUT2D eigenvalue weighted by Gasteiger charge is 2.35. The molecule has 0 radical (unpaired) electrons. The first-order chi connectivity index (χ1) is 18.5. The topological polar surface area (TPSA) is 108 Å². The van der Waals surface area contributed by atoms with Crippen LogP contribution in [0.15, 0.2) is 36.4 Å². The van der Waals surface area contributed by atoms with Gasteiger partial charge in [-0.25, -0.2) is 18.0 Å². The number of benzene rings is 2. The number of aliphatic carboxylic acids is 1. The van der Waals surface area contributed by atoms with Crippen molar-refractivity contribution in [3.05, 3.63) is 65.0 Å². The van der Waals surface area contributed by atoms with Gasteiger partial charge in [0.2, 0.25) is 5.91 Å². The third kappa shape index (κ3) is 8.12. The van der Waals surface area contributed by atoms with Gasteiger partial charge in [0, 0.05) is 43.3 Å². The second-order valence-corrected chi connectivity index (χ2v) is 10.7. The summed E-state index contributed by atoms with van der Waals surface area (Å²) in [7, 11) is 1.58. The van der Waals surface area contributed by atoms with Crippen molar-refractivity contribution in [2.24, 2.45) is 5.92 Å². The van der Waals surface area contributed by atoms with Crippen LogP contribution in [0.4, 0.5) is 13.2 Å². The molecule has 212 valence electrons. The number of rotatable bonds is 12. The number of carbonyl (C=O) groups is 3. The standard InChI is InChI=1S/C27H32F3N3O5S/c1-15(2)24(27(36)37)38-19-6-4-16(5-7-19)14-32-25(35)26-33(8-9-39-26)23(34)12-18(31-3)10-17-11-21(29)22(30)13-20(17)28/h4-7,11,13,15,18,24,26,31H,8-10,12,14H2,1-3H3,(H,32,35)(H,36,37)/t18?,24-,26-/m0/s1. The Labute approximate surface area is 229 Å². The van der Waals surface area contributed by atoms with E-state index < -0.39 is 40.9 Å². The minimum absolute atomic E-state index is 0.0345. The maximum absolute atomic E-state index is 14.1. The number of halogens is 3. The maximum atomic E-state index is 14.1. The van der Waals surface area contributed by atoms with Crippen molar-refractivity contribution in [3.63, 3.8) is 0 Å². The average molecular weight is 568 g/mol. The Morgan fingerprint density at radius 1 is 1.10 bits per heavy atom. The molecule has 39 heavy (non-hydrogen) atoms. The van der Waals surface area contributed by atoms with Crippen molar-refractivity contribution < 1.29 is 37.4 Å². The fraction of sp³-hybridized carbons (Fsp3) is 0.444. The molecular weight excluding hydrogens is 535 g/mol. The summed E-state index contributed by atoms with van der Waals surface area (Å²) in [5.41, 5.74) is 0.710. The van der Waals surface area contributed by atoms with E-state index >= 15 is 0 Å². The molecule has 2 amide bonds.